The second-order valence-electron chi connectivity index (χ2n) is 5.21. The van der Waals surface area contributed by atoms with E-state index in [0.29, 0.717) is 11.1 Å². The predicted molar refractivity (Wildman–Crippen MR) is 88.2 cm³/mol. The molecule has 1 aromatic heterocycles. The molecule has 0 aliphatic rings. The maximum atomic E-state index is 12.9. The number of hydrogen-bond acceptors (Lipinski definition) is 5. The van der Waals surface area contributed by atoms with Crippen LogP contribution in [0.3, 0.4) is 0 Å². The standard InChI is InChI=1S/C17H13FN4O4/c18-13-8-6-12(7-9-13)16-21-22(17(25)26-16)10-14(23)19-20-15(24)11-4-2-1-3-5-11/h1-9H,10H2,(H,19,23)(H,20,24). The first-order valence-corrected chi connectivity index (χ1v) is 7.51. The molecule has 2 aromatic carbocycles. The molecule has 2 amide bonds. The molecule has 26 heavy (non-hydrogen) atoms. The summed E-state index contributed by atoms with van der Waals surface area (Å²) in [5.74, 6) is -2.51. The summed E-state index contributed by atoms with van der Waals surface area (Å²) in [5, 5.41) is 3.88. The van der Waals surface area contributed by atoms with Gasteiger partial charge in [0.15, 0.2) is 0 Å². The lowest BCUT2D eigenvalue weighted by atomic mass is 10.2. The van der Waals surface area contributed by atoms with E-state index in [4.69, 9.17) is 4.42 Å². The molecular weight excluding hydrogens is 343 g/mol. The van der Waals surface area contributed by atoms with Gasteiger partial charge >= 0.3 is 5.76 Å². The molecule has 0 saturated heterocycles. The Balaban J connectivity index is 1.62. The lowest BCUT2D eigenvalue weighted by Gasteiger charge is -2.06. The van der Waals surface area contributed by atoms with Crippen molar-refractivity contribution in [1.82, 2.24) is 20.6 Å². The summed E-state index contributed by atoms with van der Waals surface area (Å²) in [6.07, 6.45) is 0. The minimum absolute atomic E-state index is 0.0453. The summed E-state index contributed by atoms with van der Waals surface area (Å²) in [6.45, 7) is -0.460. The second-order valence-corrected chi connectivity index (χ2v) is 5.21. The van der Waals surface area contributed by atoms with Crippen molar-refractivity contribution in [3.63, 3.8) is 0 Å². The van der Waals surface area contributed by atoms with E-state index in [1.165, 1.54) is 24.3 Å². The fraction of sp³-hybridized carbons (Fsp3) is 0.0588. The van der Waals surface area contributed by atoms with Gasteiger partial charge in [-0.3, -0.25) is 20.4 Å². The molecule has 0 bridgehead atoms. The molecule has 0 aliphatic carbocycles. The minimum Gasteiger partial charge on any atom is -0.388 e. The Morgan fingerprint density at radius 2 is 1.73 bits per heavy atom. The molecule has 3 rings (SSSR count). The topological polar surface area (TPSA) is 106 Å². The number of hydrogen-bond donors (Lipinski definition) is 2. The largest absolute Gasteiger partial charge is 0.437 e. The van der Waals surface area contributed by atoms with Crippen molar-refractivity contribution in [2.45, 2.75) is 6.54 Å². The minimum atomic E-state index is -0.853. The number of benzene rings is 2. The van der Waals surface area contributed by atoms with Gasteiger partial charge in [0.25, 0.3) is 11.8 Å². The van der Waals surface area contributed by atoms with Crippen LogP contribution in [0.15, 0.2) is 63.8 Å². The lowest BCUT2D eigenvalue weighted by Crippen LogP contribution is -2.44. The van der Waals surface area contributed by atoms with E-state index in [9.17, 15) is 18.8 Å². The first-order chi connectivity index (χ1) is 12.5. The molecule has 0 radical (unpaired) electrons. The predicted octanol–water partition coefficient (Wildman–Crippen LogP) is 1.10. The zero-order chi connectivity index (χ0) is 18.5. The normalized spacial score (nSPS) is 10.3. The first-order valence-electron chi connectivity index (χ1n) is 7.51. The van der Waals surface area contributed by atoms with E-state index in [0.717, 1.165) is 4.68 Å². The average molecular weight is 356 g/mol. The molecule has 0 aliphatic heterocycles. The number of nitrogens with one attached hydrogen (secondary N) is 2. The van der Waals surface area contributed by atoms with Crippen molar-refractivity contribution in [2.24, 2.45) is 0 Å². The molecule has 0 fully saturated rings. The van der Waals surface area contributed by atoms with Crippen LogP contribution in [0.4, 0.5) is 4.39 Å². The van der Waals surface area contributed by atoms with Gasteiger partial charge in [0.05, 0.1) is 0 Å². The zero-order valence-corrected chi connectivity index (χ0v) is 13.3. The van der Waals surface area contributed by atoms with Crippen molar-refractivity contribution in [2.75, 3.05) is 0 Å². The van der Waals surface area contributed by atoms with Gasteiger partial charge in [-0.15, -0.1) is 5.10 Å². The van der Waals surface area contributed by atoms with Gasteiger partial charge in [-0.05, 0) is 36.4 Å². The summed E-state index contributed by atoms with van der Waals surface area (Å²) < 4.78 is 18.7. The summed E-state index contributed by atoms with van der Waals surface area (Å²) >= 11 is 0. The van der Waals surface area contributed by atoms with Crippen molar-refractivity contribution in [3.8, 4) is 11.5 Å². The van der Waals surface area contributed by atoms with Crippen LogP contribution >= 0.6 is 0 Å². The van der Waals surface area contributed by atoms with Crippen LogP contribution in [0.2, 0.25) is 0 Å². The molecule has 0 spiro atoms. The molecule has 0 unspecified atom stereocenters. The number of amides is 2. The molecule has 132 valence electrons. The molecule has 1 heterocycles. The number of aromatic nitrogens is 2. The highest BCUT2D eigenvalue weighted by molar-refractivity contribution is 5.95. The molecule has 2 N–H and O–H groups in total. The highest BCUT2D eigenvalue weighted by atomic mass is 19.1. The summed E-state index contributed by atoms with van der Waals surface area (Å²) in [5.41, 5.74) is 5.17. The van der Waals surface area contributed by atoms with Crippen LogP contribution in [-0.2, 0) is 11.3 Å². The average Bonchev–Trinajstić information content (AvgIpc) is 3.01. The molecule has 0 atom stereocenters. The molecule has 0 saturated carbocycles. The maximum absolute atomic E-state index is 12.9. The SMILES string of the molecule is O=C(Cn1nc(-c2ccc(F)cc2)oc1=O)NNC(=O)c1ccccc1. The summed E-state index contributed by atoms with van der Waals surface area (Å²) in [7, 11) is 0. The monoisotopic (exact) mass is 356 g/mol. The van der Waals surface area contributed by atoms with Crippen LogP contribution < -0.4 is 16.6 Å². The van der Waals surface area contributed by atoms with Crippen LogP contribution in [0.1, 0.15) is 10.4 Å². The molecule has 3 aromatic rings. The van der Waals surface area contributed by atoms with E-state index in [1.807, 2.05) is 0 Å². The van der Waals surface area contributed by atoms with Gasteiger partial charge < -0.3 is 4.42 Å². The fourth-order valence-corrected chi connectivity index (χ4v) is 2.08. The molecule has 8 nitrogen and oxygen atoms in total. The number of carbonyl (C=O) groups excluding carboxylic acids is 2. The Hall–Kier alpha value is -3.75. The highest BCUT2D eigenvalue weighted by Gasteiger charge is 2.14. The van der Waals surface area contributed by atoms with Gasteiger partial charge in [0, 0.05) is 11.1 Å². The number of hydrazine groups is 1. The van der Waals surface area contributed by atoms with Crippen molar-refractivity contribution in [3.05, 3.63) is 76.5 Å². The van der Waals surface area contributed by atoms with E-state index >= 15 is 0 Å². The fourth-order valence-electron chi connectivity index (χ4n) is 2.08. The van der Waals surface area contributed by atoms with Crippen LogP contribution in [0.25, 0.3) is 11.5 Å². The van der Waals surface area contributed by atoms with Gasteiger partial charge in [-0.25, -0.2) is 9.18 Å². The Morgan fingerprint density at radius 1 is 1.04 bits per heavy atom. The molecule has 9 heteroatoms. The Kier molecular flexibility index (Phi) is 4.88. The smallest absolute Gasteiger partial charge is 0.388 e. The third-order valence-electron chi connectivity index (χ3n) is 3.34. The van der Waals surface area contributed by atoms with Gasteiger partial charge in [0.1, 0.15) is 12.4 Å². The van der Waals surface area contributed by atoms with Gasteiger partial charge in [-0.1, -0.05) is 18.2 Å². The lowest BCUT2D eigenvalue weighted by molar-refractivity contribution is -0.122. The quantitative estimate of drug-likeness (QED) is 0.681. The van der Waals surface area contributed by atoms with E-state index < -0.39 is 29.9 Å². The van der Waals surface area contributed by atoms with Crippen LogP contribution in [-0.4, -0.2) is 21.6 Å². The third-order valence-corrected chi connectivity index (χ3v) is 3.34. The van der Waals surface area contributed by atoms with Crippen molar-refractivity contribution in [1.29, 1.82) is 0 Å². The number of halogens is 1. The summed E-state index contributed by atoms with van der Waals surface area (Å²) in [6, 6.07) is 13.5. The van der Waals surface area contributed by atoms with Crippen molar-refractivity contribution < 1.29 is 18.4 Å². The number of carbonyl (C=O) groups is 2. The van der Waals surface area contributed by atoms with E-state index in [2.05, 4.69) is 16.0 Å². The van der Waals surface area contributed by atoms with E-state index in [-0.39, 0.29) is 5.89 Å². The first kappa shape index (κ1) is 17.1. The zero-order valence-electron chi connectivity index (χ0n) is 13.3. The Morgan fingerprint density at radius 3 is 2.42 bits per heavy atom. The second kappa shape index (κ2) is 7.43. The van der Waals surface area contributed by atoms with Gasteiger partial charge in [-0.2, -0.15) is 4.68 Å². The highest BCUT2D eigenvalue weighted by Crippen LogP contribution is 2.15. The number of nitrogens with zero attached hydrogens (tertiary/aromatic N) is 2. The summed E-state index contributed by atoms with van der Waals surface area (Å²) in [4.78, 5) is 35.5. The Labute approximate surface area is 146 Å². The molecular formula is C17H13FN4O4. The Bertz CT molecular complexity index is 980. The van der Waals surface area contributed by atoms with Crippen LogP contribution in [0, 0.1) is 5.82 Å². The van der Waals surface area contributed by atoms with E-state index in [1.54, 1.807) is 30.3 Å². The van der Waals surface area contributed by atoms with Crippen LogP contribution in [0.5, 0.6) is 0 Å². The van der Waals surface area contributed by atoms with Gasteiger partial charge in [0.2, 0.25) is 5.89 Å². The maximum Gasteiger partial charge on any atom is 0.437 e. The van der Waals surface area contributed by atoms with Crippen molar-refractivity contribution >= 4 is 11.8 Å². The third kappa shape index (κ3) is 4.01. The number of rotatable bonds is 4.